The van der Waals surface area contributed by atoms with Crippen LogP contribution in [0.4, 0.5) is 5.69 Å². The van der Waals surface area contributed by atoms with Crippen molar-refractivity contribution in [1.82, 2.24) is 15.2 Å². The van der Waals surface area contributed by atoms with E-state index in [2.05, 4.69) is 15.2 Å². The molecule has 2 heterocycles. The fourth-order valence-corrected chi connectivity index (χ4v) is 2.20. The van der Waals surface area contributed by atoms with Crippen molar-refractivity contribution in [2.45, 2.75) is 13.3 Å². The first-order chi connectivity index (χ1) is 9.66. The number of carbonyl (C=O) groups is 1. The first-order valence-electron chi connectivity index (χ1n) is 6.97. The lowest BCUT2D eigenvalue weighted by Gasteiger charge is -2.26. The van der Waals surface area contributed by atoms with Crippen LogP contribution in [0.3, 0.4) is 0 Å². The number of hydrogen-bond donors (Lipinski definition) is 2. The zero-order valence-corrected chi connectivity index (χ0v) is 11.9. The smallest absolute Gasteiger partial charge is 0.253 e. The van der Waals surface area contributed by atoms with Gasteiger partial charge >= 0.3 is 0 Å². The molecular weight excluding hydrogens is 256 g/mol. The fraction of sp³-hybridized carbons (Fsp3) is 0.571. The van der Waals surface area contributed by atoms with Crippen molar-refractivity contribution < 1.29 is 9.53 Å². The SMILES string of the molecule is Cc1ncc(N)cc1C(=O)NCCCN1CCOCC1. The van der Waals surface area contributed by atoms with Gasteiger partial charge in [0.1, 0.15) is 0 Å². The largest absolute Gasteiger partial charge is 0.397 e. The molecule has 0 radical (unpaired) electrons. The van der Waals surface area contributed by atoms with Crippen molar-refractivity contribution in [2.75, 3.05) is 45.1 Å². The number of pyridine rings is 1. The molecule has 6 heteroatoms. The van der Waals surface area contributed by atoms with Gasteiger partial charge in [0.2, 0.25) is 0 Å². The maximum Gasteiger partial charge on any atom is 0.253 e. The number of carbonyl (C=O) groups excluding carboxylic acids is 1. The van der Waals surface area contributed by atoms with Crippen LogP contribution in [0.25, 0.3) is 0 Å². The van der Waals surface area contributed by atoms with E-state index in [1.165, 1.54) is 0 Å². The third kappa shape index (κ3) is 4.18. The second-order valence-corrected chi connectivity index (χ2v) is 4.97. The molecule has 110 valence electrons. The van der Waals surface area contributed by atoms with E-state index in [0.29, 0.717) is 23.5 Å². The van der Waals surface area contributed by atoms with Crippen LogP contribution in [0, 0.1) is 6.92 Å². The van der Waals surface area contributed by atoms with E-state index in [1.807, 2.05) is 6.92 Å². The minimum atomic E-state index is -0.107. The van der Waals surface area contributed by atoms with Gasteiger partial charge in [-0.3, -0.25) is 14.7 Å². The molecule has 0 aliphatic carbocycles. The molecule has 3 N–H and O–H groups in total. The number of nitrogens with zero attached hydrogens (tertiary/aromatic N) is 2. The second kappa shape index (κ2) is 7.21. The molecule has 1 aliphatic heterocycles. The van der Waals surface area contributed by atoms with Crippen LogP contribution >= 0.6 is 0 Å². The maximum atomic E-state index is 12.0. The summed E-state index contributed by atoms with van der Waals surface area (Å²) in [4.78, 5) is 18.5. The van der Waals surface area contributed by atoms with E-state index in [-0.39, 0.29) is 5.91 Å². The third-order valence-electron chi connectivity index (χ3n) is 3.39. The Morgan fingerprint density at radius 3 is 3.00 bits per heavy atom. The average molecular weight is 278 g/mol. The summed E-state index contributed by atoms with van der Waals surface area (Å²) in [6.45, 7) is 7.02. The molecule has 1 amide bonds. The molecule has 2 rings (SSSR count). The van der Waals surface area contributed by atoms with Gasteiger partial charge in [-0.2, -0.15) is 0 Å². The van der Waals surface area contributed by atoms with Crippen LogP contribution in [-0.2, 0) is 4.74 Å². The molecule has 6 nitrogen and oxygen atoms in total. The topological polar surface area (TPSA) is 80.5 Å². The van der Waals surface area contributed by atoms with Crippen molar-refractivity contribution in [3.63, 3.8) is 0 Å². The highest BCUT2D eigenvalue weighted by molar-refractivity contribution is 5.95. The quantitative estimate of drug-likeness (QED) is 0.763. The van der Waals surface area contributed by atoms with E-state index >= 15 is 0 Å². The lowest BCUT2D eigenvalue weighted by atomic mass is 10.2. The van der Waals surface area contributed by atoms with Gasteiger partial charge in [0.05, 0.1) is 36.4 Å². The molecule has 1 aromatic heterocycles. The number of ether oxygens (including phenoxy) is 1. The Bertz CT molecular complexity index is 458. The predicted molar refractivity (Wildman–Crippen MR) is 77.6 cm³/mol. The van der Waals surface area contributed by atoms with Crippen LogP contribution in [0.2, 0.25) is 0 Å². The van der Waals surface area contributed by atoms with E-state index < -0.39 is 0 Å². The first kappa shape index (κ1) is 14.7. The van der Waals surface area contributed by atoms with E-state index in [0.717, 1.165) is 39.3 Å². The summed E-state index contributed by atoms with van der Waals surface area (Å²) in [6, 6.07) is 1.67. The number of nitrogens with one attached hydrogen (secondary N) is 1. The number of aromatic nitrogens is 1. The van der Waals surface area contributed by atoms with E-state index in [9.17, 15) is 4.79 Å². The summed E-state index contributed by atoms with van der Waals surface area (Å²) in [6.07, 6.45) is 2.49. The molecule has 1 aliphatic rings. The zero-order valence-electron chi connectivity index (χ0n) is 11.9. The molecule has 0 saturated carbocycles. The van der Waals surface area contributed by atoms with Crippen molar-refractivity contribution in [1.29, 1.82) is 0 Å². The highest BCUT2D eigenvalue weighted by atomic mass is 16.5. The summed E-state index contributed by atoms with van der Waals surface area (Å²) in [5, 5.41) is 2.91. The number of aryl methyl sites for hydroxylation is 1. The third-order valence-corrected chi connectivity index (χ3v) is 3.39. The highest BCUT2D eigenvalue weighted by Crippen LogP contribution is 2.09. The number of amides is 1. The van der Waals surface area contributed by atoms with E-state index in [1.54, 1.807) is 12.3 Å². The summed E-state index contributed by atoms with van der Waals surface area (Å²) >= 11 is 0. The molecule has 20 heavy (non-hydrogen) atoms. The molecule has 1 aromatic rings. The van der Waals surface area contributed by atoms with Gasteiger partial charge in [-0.1, -0.05) is 0 Å². The molecule has 0 atom stereocenters. The first-order valence-corrected chi connectivity index (χ1v) is 6.97. The van der Waals surface area contributed by atoms with Crippen molar-refractivity contribution in [2.24, 2.45) is 0 Å². The van der Waals surface area contributed by atoms with Crippen molar-refractivity contribution in [3.8, 4) is 0 Å². The Balaban J connectivity index is 1.73. The Hall–Kier alpha value is -1.66. The summed E-state index contributed by atoms with van der Waals surface area (Å²) in [5.41, 5.74) is 7.42. The predicted octanol–water partition coefficient (Wildman–Crippen LogP) is 0.424. The number of rotatable bonds is 5. The fourth-order valence-electron chi connectivity index (χ4n) is 2.20. The number of nitrogens with two attached hydrogens (primary N) is 1. The van der Waals surface area contributed by atoms with Crippen molar-refractivity contribution >= 4 is 11.6 Å². The number of anilines is 1. The van der Waals surface area contributed by atoms with Gasteiger partial charge < -0.3 is 15.8 Å². The minimum absolute atomic E-state index is 0.107. The Kier molecular flexibility index (Phi) is 5.31. The second-order valence-electron chi connectivity index (χ2n) is 4.97. The molecule has 1 saturated heterocycles. The maximum absolute atomic E-state index is 12.0. The molecule has 0 spiro atoms. The lowest BCUT2D eigenvalue weighted by Crippen LogP contribution is -2.38. The number of hydrogen-bond acceptors (Lipinski definition) is 5. The van der Waals surface area contributed by atoms with Crippen molar-refractivity contribution in [3.05, 3.63) is 23.5 Å². The standard InChI is InChI=1S/C14H22N4O2/c1-11-13(9-12(15)10-17-11)14(19)16-3-2-4-18-5-7-20-8-6-18/h9-10H,2-8,15H2,1H3,(H,16,19). The van der Waals surface area contributed by atoms with Crippen LogP contribution in [-0.4, -0.2) is 55.2 Å². The Labute approximate surface area is 119 Å². The van der Waals surface area contributed by atoms with Crippen LogP contribution in [0.15, 0.2) is 12.3 Å². The minimum Gasteiger partial charge on any atom is -0.397 e. The molecule has 0 aromatic carbocycles. The van der Waals surface area contributed by atoms with Gasteiger partial charge in [0.25, 0.3) is 5.91 Å². The van der Waals surface area contributed by atoms with Gasteiger partial charge in [-0.25, -0.2) is 0 Å². The Morgan fingerprint density at radius 1 is 1.50 bits per heavy atom. The zero-order chi connectivity index (χ0) is 14.4. The molecular formula is C14H22N4O2. The molecule has 0 unspecified atom stereocenters. The lowest BCUT2D eigenvalue weighted by molar-refractivity contribution is 0.0374. The van der Waals surface area contributed by atoms with Crippen LogP contribution in [0.5, 0.6) is 0 Å². The number of nitrogen functional groups attached to an aromatic ring is 1. The summed E-state index contributed by atoms with van der Waals surface area (Å²) < 4.78 is 5.30. The molecule has 0 bridgehead atoms. The number of morpholine rings is 1. The molecule has 1 fully saturated rings. The van der Waals surface area contributed by atoms with E-state index in [4.69, 9.17) is 10.5 Å². The summed E-state index contributed by atoms with van der Waals surface area (Å²) in [7, 11) is 0. The van der Waals surface area contributed by atoms with Gasteiger partial charge in [-0.15, -0.1) is 0 Å². The average Bonchev–Trinajstić information content (AvgIpc) is 2.47. The highest BCUT2D eigenvalue weighted by Gasteiger charge is 2.11. The normalized spacial score (nSPS) is 16.1. The van der Waals surface area contributed by atoms with Gasteiger partial charge in [-0.05, 0) is 26.0 Å². The van der Waals surface area contributed by atoms with Crippen LogP contribution in [0.1, 0.15) is 22.5 Å². The van der Waals surface area contributed by atoms with Gasteiger partial charge in [0.15, 0.2) is 0 Å². The Morgan fingerprint density at radius 2 is 2.25 bits per heavy atom. The summed E-state index contributed by atoms with van der Waals surface area (Å²) in [5.74, 6) is -0.107. The van der Waals surface area contributed by atoms with Crippen LogP contribution < -0.4 is 11.1 Å². The monoisotopic (exact) mass is 278 g/mol. The van der Waals surface area contributed by atoms with Gasteiger partial charge in [0, 0.05) is 19.6 Å².